The lowest BCUT2D eigenvalue weighted by molar-refractivity contribution is 0.245. The van der Waals surface area contributed by atoms with Gasteiger partial charge in [0.25, 0.3) is 0 Å². The maximum absolute atomic E-state index is 5.95. The molecule has 1 aromatic carbocycles. The Balaban J connectivity index is 1.81. The highest BCUT2D eigenvalue weighted by molar-refractivity contribution is 8.14. The number of hydrogen-bond donors (Lipinski definition) is 0. The van der Waals surface area contributed by atoms with Crippen molar-refractivity contribution in [3.05, 3.63) is 59.9 Å². The molecule has 2 aliphatic heterocycles. The van der Waals surface area contributed by atoms with Gasteiger partial charge >= 0.3 is 0 Å². The standard InChI is InChI=1S/C20H23N3OS/c1-3-14-13-25-20-22-18(16-10-7-8-12-21-16)19(23(14)20)15-9-5-6-11-17(15)24-4-2/h5-12,14,18-19H,3-4,13H2,1-2H3/t14-,18+,19+/m1/s1. The van der Waals surface area contributed by atoms with E-state index in [9.17, 15) is 0 Å². The monoisotopic (exact) mass is 353 g/mol. The maximum atomic E-state index is 5.95. The number of benzene rings is 1. The van der Waals surface area contributed by atoms with Gasteiger partial charge in [-0.3, -0.25) is 9.98 Å². The first-order valence-electron chi connectivity index (χ1n) is 8.95. The minimum absolute atomic E-state index is 0.0136. The van der Waals surface area contributed by atoms with Gasteiger partial charge in [-0.05, 0) is 31.5 Å². The predicted octanol–water partition coefficient (Wildman–Crippen LogP) is 4.46. The van der Waals surface area contributed by atoms with E-state index in [-0.39, 0.29) is 12.1 Å². The number of pyridine rings is 1. The van der Waals surface area contributed by atoms with Crippen molar-refractivity contribution in [2.45, 2.75) is 38.4 Å². The average molecular weight is 353 g/mol. The summed E-state index contributed by atoms with van der Waals surface area (Å²) in [6, 6.07) is 15.1. The predicted molar refractivity (Wildman–Crippen MR) is 103 cm³/mol. The Labute approximate surface area is 153 Å². The molecule has 0 radical (unpaired) electrons. The summed E-state index contributed by atoms with van der Waals surface area (Å²) >= 11 is 1.87. The fourth-order valence-electron chi connectivity index (χ4n) is 3.70. The summed E-state index contributed by atoms with van der Waals surface area (Å²) in [5, 5.41) is 1.15. The lowest BCUT2D eigenvalue weighted by Gasteiger charge is -2.32. The minimum atomic E-state index is 0.0136. The van der Waals surface area contributed by atoms with Crippen molar-refractivity contribution < 1.29 is 4.74 Å². The molecule has 3 heterocycles. The summed E-state index contributed by atoms with van der Waals surface area (Å²) in [5.41, 5.74) is 2.23. The van der Waals surface area contributed by atoms with Crippen LogP contribution in [-0.4, -0.2) is 33.5 Å². The maximum Gasteiger partial charge on any atom is 0.160 e. The highest BCUT2D eigenvalue weighted by atomic mass is 32.2. The molecule has 0 saturated carbocycles. The van der Waals surface area contributed by atoms with Gasteiger partial charge in [0.1, 0.15) is 11.8 Å². The normalized spacial score (nSPS) is 25.0. The zero-order valence-corrected chi connectivity index (χ0v) is 15.4. The van der Waals surface area contributed by atoms with Gasteiger partial charge in [-0.25, -0.2) is 0 Å². The van der Waals surface area contributed by atoms with Crippen molar-refractivity contribution in [3.63, 3.8) is 0 Å². The second kappa shape index (κ2) is 7.08. The van der Waals surface area contributed by atoms with Crippen molar-refractivity contribution in [3.8, 4) is 5.75 Å². The number of fused-ring (bicyclic) bond motifs is 1. The number of para-hydroxylation sites is 1. The van der Waals surface area contributed by atoms with Crippen LogP contribution in [0.5, 0.6) is 5.75 Å². The van der Waals surface area contributed by atoms with E-state index in [4.69, 9.17) is 9.73 Å². The van der Waals surface area contributed by atoms with Crippen molar-refractivity contribution in [1.82, 2.24) is 9.88 Å². The zero-order valence-electron chi connectivity index (χ0n) is 14.6. The number of thioether (sulfide) groups is 1. The summed E-state index contributed by atoms with van der Waals surface area (Å²) in [6.07, 6.45) is 2.98. The second-order valence-electron chi connectivity index (χ2n) is 6.31. The minimum Gasteiger partial charge on any atom is -0.494 e. The molecule has 3 atom stereocenters. The van der Waals surface area contributed by atoms with Crippen LogP contribution in [0, 0.1) is 0 Å². The first-order chi connectivity index (χ1) is 12.3. The topological polar surface area (TPSA) is 37.7 Å². The van der Waals surface area contributed by atoms with Crippen LogP contribution >= 0.6 is 11.8 Å². The molecule has 4 nitrogen and oxygen atoms in total. The summed E-state index contributed by atoms with van der Waals surface area (Å²) < 4.78 is 5.95. The van der Waals surface area contributed by atoms with Crippen LogP contribution < -0.4 is 4.74 Å². The van der Waals surface area contributed by atoms with E-state index in [1.165, 1.54) is 5.56 Å². The molecule has 5 heteroatoms. The van der Waals surface area contributed by atoms with Crippen LogP contribution in [0.4, 0.5) is 0 Å². The number of nitrogens with zero attached hydrogens (tertiary/aromatic N) is 3. The molecule has 2 aromatic rings. The molecule has 0 amide bonds. The van der Waals surface area contributed by atoms with Gasteiger partial charge in [0.15, 0.2) is 5.17 Å². The van der Waals surface area contributed by atoms with Crippen LogP contribution in [0.2, 0.25) is 0 Å². The Hall–Kier alpha value is -2.01. The largest absolute Gasteiger partial charge is 0.494 e. The third-order valence-corrected chi connectivity index (χ3v) is 5.99. The molecule has 0 spiro atoms. The van der Waals surface area contributed by atoms with Gasteiger partial charge in [-0.1, -0.05) is 43.0 Å². The van der Waals surface area contributed by atoms with Crippen molar-refractivity contribution >= 4 is 16.9 Å². The SMILES string of the molecule is CCOc1ccccc1[C@H]1[C@H](c2ccccn2)N=C2SC[C@@H](CC)N21. The van der Waals surface area contributed by atoms with E-state index >= 15 is 0 Å². The average Bonchev–Trinajstić information content (AvgIpc) is 3.22. The van der Waals surface area contributed by atoms with E-state index in [0.29, 0.717) is 12.6 Å². The highest BCUT2D eigenvalue weighted by Gasteiger charge is 2.46. The van der Waals surface area contributed by atoms with E-state index in [1.807, 2.05) is 43.1 Å². The van der Waals surface area contributed by atoms with Crippen molar-refractivity contribution in [1.29, 1.82) is 0 Å². The molecule has 1 fully saturated rings. The molecule has 2 aliphatic rings. The number of ether oxygens (including phenoxy) is 1. The molecule has 0 aliphatic carbocycles. The van der Waals surface area contributed by atoms with Crippen molar-refractivity contribution in [2.24, 2.45) is 4.99 Å². The van der Waals surface area contributed by atoms with Gasteiger partial charge in [0.05, 0.1) is 18.3 Å². The Morgan fingerprint density at radius 3 is 2.76 bits per heavy atom. The van der Waals surface area contributed by atoms with E-state index in [1.54, 1.807) is 0 Å². The zero-order chi connectivity index (χ0) is 17.2. The van der Waals surface area contributed by atoms with E-state index in [0.717, 1.165) is 28.8 Å². The van der Waals surface area contributed by atoms with Crippen LogP contribution in [0.3, 0.4) is 0 Å². The third kappa shape index (κ3) is 2.91. The molecule has 0 N–H and O–H groups in total. The van der Waals surface area contributed by atoms with Crippen LogP contribution in [0.25, 0.3) is 0 Å². The molecule has 4 rings (SSSR count). The molecule has 1 aromatic heterocycles. The molecule has 0 unspecified atom stereocenters. The molecule has 25 heavy (non-hydrogen) atoms. The number of amidine groups is 1. The van der Waals surface area contributed by atoms with Gasteiger partial charge < -0.3 is 9.64 Å². The molecule has 130 valence electrons. The highest BCUT2D eigenvalue weighted by Crippen LogP contribution is 2.50. The Morgan fingerprint density at radius 1 is 1.16 bits per heavy atom. The van der Waals surface area contributed by atoms with Crippen LogP contribution in [-0.2, 0) is 0 Å². The Bertz CT molecular complexity index is 765. The number of aliphatic imine (C=N–C) groups is 1. The Kier molecular flexibility index (Phi) is 4.66. The molecular formula is C20H23N3OS. The lowest BCUT2D eigenvalue weighted by atomic mass is 9.94. The first kappa shape index (κ1) is 16.5. The Morgan fingerprint density at radius 2 is 2.00 bits per heavy atom. The number of aromatic nitrogens is 1. The van der Waals surface area contributed by atoms with Gasteiger partial charge in [0.2, 0.25) is 0 Å². The fraction of sp³-hybridized carbons (Fsp3) is 0.400. The first-order valence-corrected chi connectivity index (χ1v) is 9.93. The van der Waals surface area contributed by atoms with E-state index < -0.39 is 0 Å². The number of rotatable bonds is 5. The van der Waals surface area contributed by atoms with Crippen LogP contribution in [0.1, 0.15) is 43.6 Å². The summed E-state index contributed by atoms with van der Waals surface area (Å²) in [7, 11) is 0. The summed E-state index contributed by atoms with van der Waals surface area (Å²) in [4.78, 5) is 12.2. The van der Waals surface area contributed by atoms with Crippen LogP contribution in [0.15, 0.2) is 53.7 Å². The fourth-order valence-corrected chi connectivity index (χ4v) is 5.04. The summed E-state index contributed by atoms with van der Waals surface area (Å²) in [5.74, 6) is 2.07. The summed E-state index contributed by atoms with van der Waals surface area (Å²) in [6.45, 7) is 4.95. The molecule has 0 bridgehead atoms. The lowest BCUT2D eigenvalue weighted by Crippen LogP contribution is -2.35. The van der Waals surface area contributed by atoms with Gasteiger partial charge in [-0.2, -0.15) is 0 Å². The third-order valence-electron chi connectivity index (χ3n) is 4.87. The number of hydrogen-bond acceptors (Lipinski definition) is 5. The second-order valence-corrected chi connectivity index (χ2v) is 7.29. The smallest absolute Gasteiger partial charge is 0.160 e. The quantitative estimate of drug-likeness (QED) is 0.795. The van der Waals surface area contributed by atoms with E-state index in [2.05, 4.69) is 41.1 Å². The molecular weight excluding hydrogens is 330 g/mol. The molecule has 1 saturated heterocycles. The van der Waals surface area contributed by atoms with Gasteiger partial charge in [0, 0.05) is 23.6 Å². The van der Waals surface area contributed by atoms with Gasteiger partial charge in [-0.15, -0.1) is 0 Å². The van der Waals surface area contributed by atoms with Crippen molar-refractivity contribution in [2.75, 3.05) is 12.4 Å².